The molecule has 7 nitrogen and oxygen atoms in total. The molecule has 1 atom stereocenters. The Bertz CT molecular complexity index is 728. The van der Waals surface area contributed by atoms with Gasteiger partial charge in [0.2, 0.25) is 5.91 Å². The first kappa shape index (κ1) is 16.7. The van der Waals surface area contributed by atoms with Gasteiger partial charge < -0.3 is 15.0 Å². The van der Waals surface area contributed by atoms with E-state index in [1.54, 1.807) is 38.4 Å². The number of ether oxygens (including phenoxy) is 1. The highest BCUT2D eigenvalue weighted by atomic mass is 16.5. The Morgan fingerprint density at radius 2 is 2.22 bits per heavy atom. The van der Waals surface area contributed by atoms with E-state index in [1.807, 2.05) is 6.92 Å². The molecular formula is C16H20N4O3. The van der Waals surface area contributed by atoms with Crippen LogP contribution in [0.2, 0.25) is 0 Å². The Hall–Kier alpha value is -2.70. The third-order valence-electron chi connectivity index (χ3n) is 3.24. The second kappa shape index (κ2) is 7.53. The van der Waals surface area contributed by atoms with Gasteiger partial charge in [0.1, 0.15) is 17.7 Å². The average Bonchev–Trinajstić information content (AvgIpc) is 2.50. The molecule has 122 valence electrons. The van der Waals surface area contributed by atoms with Crippen molar-refractivity contribution in [3.05, 3.63) is 52.0 Å². The van der Waals surface area contributed by atoms with Crippen molar-refractivity contribution in [1.29, 1.82) is 0 Å². The molecule has 2 rings (SSSR count). The van der Waals surface area contributed by atoms with E-state index in [2.05, 4.69) is 20.3 Å². The summed E-state index contributed by atoms with van der Waals surface area (Å²) in [6.07, 6.45) is 3.06. The van der Waals surface area contributed by atoms with Crippen LogP contribution in [0, 0.1) is 13.8 Å². The zero-order valence-electron chi connectivity index (χ0n) is 13.4. The van der Waals surface area contributed by atoms with Crippen LogP contribution in [0.4, 0.5) is 0 Å². The minimum atomic E-state index is -0.273. The van der Waals surface area contributed by atoms with Crippen molar-refractivity contribution in [1.82, 2.24) is 20.3 Å². The number of carbonyl (C=O) groups excluding carboxylic acids is 1. The fraction of sp³-hybridized carbons (Fsp3) is 0.375. The van der Waals surface area contributed by atoms with E-state index < -0.39 is 0 Å². The molecule has 0 saturated heterocycles. The van der Waals surface area contributed by atoms with Crippen LogP contribution < -0.4 is 15.6 Å². The Labute approximate surface area is 134 Å². The molecule has 0 bridgehead atoms. The number of aromatic amines is 1. The normalized spacial score (nSPS) is 11.8. The molecule has 0 unspecified atom stereocenters. The van der Waals surface area contributed by atoms with Gasteiger partial charge in [0.25, 0.3) is 5.56 Å². The van der Waals surface area contributed by atoms with Crippen molar-refractivity contribution in [2.24, 2.45) is 0 Å². The number of aromatic nitrogens is 3. The maximum absolute atomic E-state index is 12.0. The van der Waals surface area contributed by atoms with Crippen molar-refractivity contribution in [3.63, 3.8) is 0 Å². The molecule has 0 spiro atoms. The number of nitrogens with zero attached hydrogens (tertiary/aromatic N) is 2. The summed E-state index contributed by atoms with van der Waals surface area (Å²) < 4.78 is 5.62. The van der Waals surface area contributed by atoms with Gasteiger partial charge in [0, 0.05) is 17.5 Å². The lowest BCUT2D eigenvalue weighted by Crippen LogP contribution is -2.35. The Kier molecular flexibility index (Phi) is 5.46. The third kappa shape index (κ3) is 4.91. The molecule has 1 amide bonds. The minimum absolute atomic E-state index is 0.00589. The summed E-state index contributed by atoms with van der Waals surface area (Å²) in [5, 5.41) is 2.76. The molecule has 0 radical (unpaired) electrons. The molecule has 0 fully saturated rings. The first-order valence-electron chi connectivity index (χ1n) is 7.35. The molecule has 2 aromatic heterocycles. The smallest absolute Gasteiger partial charge is 0.254 e. The van der Waals surface area contributed by atoms with Crippen molar-refractivity contribution >= 4 is 5.91 Å². The molecule has 2 aromatic rings. The van der Waals surface area contributed by atoms with Crippen LogP contribution in [-0.2, 0) is 11.2 Å². The number of pyridine rings is 1. The summed E-state index contributed by atoms with van der Waals surface area (Å²) in [6, 6.07) is 3.58. The van der Waals surface area contributed by atoms with Crippen LogP contribution in [0.25, 0.3) is 0 Å². The summed E-state index contributed by atoms with van der Waals surface area (Å²) in [6.45, 7) is 5.61. The maximum Gasteiger partial charge on any atom is 0.254 e. The van der Waals surface area contributed by atoms with Crippen molar-refractivity contribution in [2.45, 2.75) is 33.3 Å². The average molecular weight is 316 g/mol. The number of amides is 1. The largest absolute Gasteiger partial charge is 0.487 e. The Balaban J connectivity index is 1.87. The van der Waals surface area contributed by atoms with Gasteiger partial charge in [-0.2, -0.15) is 0 Å². The van der Waals surface area contributed by atoms with Crippen LogP contribution in [0.1, 0.15) is 24.0 Å². The van der Waals surface area contributed by atoms with Crippen LogP contribution in [0.15, 0.2) is 29.3 Å². The number of nitrogens with one attached hydrogen (secondary N) is 2. The van der Waals surface area contributed by atoms with Crippen molar-refractivity contribution < 1.29 is 9.53 Å². The molecule has 0 aliphatic heterocycles. The predicted octanol–water partition coefficient (Wildman–Crippen LogP) is 0.908. The van der Waals surface area contributed by atoms with E-state index in [4.69, 9.17) is 4.74 Å². The SMILES string of the molecule is Cc1nc(C)c(CC(=O)NC[C@H](C)Oc2cccnc2)c(=O)[nH]1. The van der Waals surface area contributed by atoms with Crippen molar-refractivity contribution in [3.8, 4) is 5.75 Å². The zero-order valence-corrected chi connectivity index (χ0v) is 13.4. The number of rotatable bonds is 6. The predicted molar refractivity (Wildman–Crippen MR) is 85.4 cm³/mol. The summed E-state index contributed by atoms with van der Waals surface area (Å²) in [4.78, 5) is 34.6. The highest BCUT2D eigenvalue weighted by Gasteiger charge is 2.13. The lowest BCUT2D eigenvalue weighted by Gasteiger charge is -2.15. The zero-order chi connectivity index (χ0) is 16.8. The highest BCUT2D eigenvalue weighted by molar-refractivity contribution is 5.78. The van der Waals surface area contributed by atoms with Gasteiger partial charge in [-0.25, -0.2) is 4.98 Å². The second-order valence-corrected chi connectivity index (χ2v) is 5.31. The van der Waals surface area contributed by atoms with Gasteiger partial charge in [0.15, 0.2) is 0 Å². The number of carbonyl (C=O) groups is 1. The number of H-pyrrole nitrogens is 1. The van der Waals surface area contributed by atoms with Crippen LogP contribution in [0.5, 0.6) is 5.75 Å². The Morgan fingerprint density at radius 3 is 2.87 bits per heavy atom. The van der Waals surface area contributed by atoms with Gasteiger partial charge in [-0.15, -0.1) is 0 Å². The first-order valence-corrected chi connectivity index (χ1v) is 7.35. The standard InChI is InChI=1S/C16H20N4O3/c1-10(23-13-5-4-6-17-9-13)8-18-15(21)7-14-11(2)19-12(3)20-16(14)22/h4-6,9-10H,7-8H2,1-3H3,(H,18,21)(H,19,20,22)/t10-/m0/s1. The van der Waals surface area contributed by atoms with E-state index in [0.29, 0.717) is 29.4 Å². The van der Waals surface area contributed by atoms with E-state index >= 15 is 0 Å². The summed E-state index contributed by atoms with van der Waals surface area (Å²) >= 11 is 0. The molecule has 0 aromatic carbocycles. The van der Waals surface area contributed by atoms with Gasteiger partial charge in [-0.1, -0.05) is 0 Å². The lowest BCUT2D eigenvalue weighted by atomic mass is 10.1. The Morgan fingerprint density at radius 1 is 1.43 bits per heavy atom. The quantitative estimate of drug-likeness (QED) is 0.825. The fourth-order valence-electron chi connectivity index (χ4n) is 2.13. The molecule has 2 heterocycles. The maximum atomic E-state index is 12.0. The molecule has 0 aliphatic carbocycles. The van der Waals surface area contributed by atoms with E-state index in [9.17, 15) is 9.59 Å². The monoisotopic (exact) mass is 316 g/mol. The highest BCUT2D eigenvalue weighted by Crippen LogP contribution is 2.08. The van der Waals surface area contributed by atoms with Crippen LogP contribution in [-0.4, -0.2) is 33.5 Å². The second-order valence-electron chi connectivity index (χ2n) is 5.31. The van der Waals surface area contributed by atoms with Crippen LogP contribution >= 0.6 is 0 Å². The molecule has 0 saturated carbocycles. The van der Waals surface area contributed by atoms with E-state index in [-0.39, 0.29) is 24.0 Å². The minimum Gasteiger partial charge on any atom is -0.487 e. The van der Waals surface area contributed by atoms with Gasteiger partial charge in [-0.05, 0) is 32.9 Å². The fourth-order valence-corrected chi connectivity index (χ4v) is 2.13. The summed E-state index contributed by atoms with van der Waals surface area (Å²) in [5.74, 6) is 0.935. The third-order valence-corrected chi connectivity index (χ3v) is 3.24. The summed E-state index contributed by atoms with van der Waals surface area (Å²) in [5.41, 5.74) is 0.680. The summed E-state index contributed by atoms with van der Waals surface area (Å²) in [7, 11) is 0. The molecular weight excluding hydrogens is 296 g/mol. The first-order chi connectivity index (χ1) is 11.0. The van der Waals surface area contributed by atoms with Crippen LogP contribution in [0.3, 0.4) is 0 Å². The van der Waals surface area contributed by atoms with E-state index in [0.717, 1.165) is 0 Å². The molecule has 2 N–H and O–H groups in total. The topological polar surface area (TPSA) is 97.0 Å². The molecule has 7 heteroatoms. The van der Waals surface area contributed by atoms with Gasteiger partial charge >= 0.3 is 0 Å². The number of hydrogen-bond acceptors (Lipinski definition) is 5. The van der Waals surface area contributed by atoms with Gasteiger partial charge in [0.05, 0.1) is 19.2 Å². The molecule has 0 aliphatic rings. The molecule has 23 heavy (non-hydrogen) atoms. The van der Waals surface area contributed by atoms with Crippen molar-refractivity contribution in [2.75, 3.05) is 6.54 Å². The lowest BCUT2D eigenvalue weighted by molar-refractivity contribution is -0.120. The van der Waals surface area contributed by atoms with Gasteiger partial charge in [-0.3, -0.25) is 14.6 Å². The number of hydrogen-bond donors (Lipinski definition) is 2. The number of aryl methyl sites for hydroxylation is 2. The van der Waals surface area contributed by atoms with E-state index in [1.165, 1.54) is 0 Å².